The van der Waals surface area contributed by atoms with E-state index in [2.05, 4.69) is 0 Å². The van der Waals surface area contributed by atoms with E-state index in [-0.39, 0.29) is 5.88 Å². The molecule has 0 N–H and O–H groups in total. The Morgan fingerprint density at radius 1 is 1.50 bits per heavy atom. The van der Waals surface area contributed by atoms with Crippen LogP contribution in [0.25, 0.3) is 0 Å². The van der Waals surface area contributed by atoms with Crippen molar-refractivity contribution in [2.24, 2.45) is 0 Å². The molecule has 0 aromatic rings. The van der Waals surface area contributed by atoms with Crippen molar-refractivity contribution in [3.05, 3.63) is 0 Å². The summed E-state index contributed by atoms with van der Waals surface area (Å²) in [6, 6.07) is 0. The molecule has 0 unspecified atom stereocenters. The van der Waals surface area contributed by atoms with E-state index in [9.17, 15) is 0 Å². The lowest BCUT2D eigenvalue weighted by Crippen LogP contribution is -1.36. The Hall–Kier alpha value is 0.580. The largest absolute Gasteiger partial charge is 0.127 e. The zero-order valence-corrected chi connectivity index (χ0v) is 5.18. The lowest BCUT2D eigenvalue weighted by Gasteiger charge is -1.45. The minimum atomic E-state index is -1.94. The maximum Gasteiger partial charge on any atom is 0.0242 e. The molecule has 0 saturated carbocycles. The molecule has 2 heteroatoms. The quantitative estimate of drug-likeness (QED) is 0.352. The van der Waals surface area contributed by atoms with Gasteiger partial charge in [0.25, 0.3) is 0 Å². The molecule has 0 aliphatic rings. The molecule has 0 radical (unpaired) electrons. The summed E-state index contributed by atoms with van der Waals surface area (Å²) >= 11 is 9.91. The third kappa shape index (κ3) is 174. The van der Waals surface area contributed by atoms with Crippen LogP contribution >= 0.6 is 23.2 Å². The molecule has 0 bridgehead atoms. The molecule has 0 amide bonds. The van der Waals surface area contributed by atoms with Crippen molar-refractivity contribution in [3.8, 4) is 0 Å². The number of rotatable bonds is 0. The lowest BCUT2D eigenvalue weighted by molar-refractivity contribution is 1.51. The van der Waals surface area contributed by atoms with Crippen LogP contribution in [-0.2, 0) is 0 Å². The van der Waals surface area contributed by atoms with Crippen LogP contribution in [0.15, 0.2) is 0 Å². The second-order valence-electron chi connectivity index (χ2n) is 0.401. The van der Waals surface area contributed by atoms with E-state index in [1.165, 1.54) is 0 Å². The Balaban J connectivity index is 0. The van der Waals surface area contributed by atoms with Crippen LogP contribution in [0.4, 0.5) is 0 Å². The summed E-state index contributed by atoms with van der Waals surface area (Å²) < 4.78 is 19.1. The zero-order chi connectivity index (χ0) is 7.91. The van der Waals surface area contributed by atoms with E-state index >= 15 is 0 Å². The molecule has 0 aromatic carbocycles. The predicted molar refractivity (Wildman–Crippen MR) is 32.8 cm³/mol. The molecule has 0 rings (SSSR count). The Kier molecular flexibility index (Phi) is 10.5. The molecule has 0 aliphatic carbocycles. The van der Waals surface area contributed by atoms with Crippen LogP contribution in [0.3, 0.4) is 0 Å². The Morgan fingerprint density at radius 2 is 1.67 bits per heavy atom. The van der Waals surface area contributed by atoms with Gasteiger partial charge in [-0.3, -0.25) is 0 Å². The third-order valence-electron chi connectivity index (χ3n) is 0. The highest BCUT2D eigenvalue weighted by Crippen LogP contribution is 1.60. The summed E-state index contributed by atoms with van der Waals surface area (Å²) in [7, 11) is 0. The van der Waals surface area contributed by atoms with Crippen molar-refractivity contribution in [3.63, 3.8) is 0 Å². The van der Waals surface area contributed by atoms with Gasteiger partial charge in [0.05, 0.1) is 0 Å². The van der Waals surface area contributed by atoms with Gasteiger partial charge < -0.3 is 0 Å². The SMILES string of the molecule is [13CH3][13CH2]Cl.[2H]C([2H])([2H])CCl. The summed E-state index contributed by atoms with van der Waals surface area (Å²) in [5, 5.41) is 0. The topological polar surface area (TPSA) is 0 Å². The van der Waals surface area contributed by atoms with Gasteiger partial charge in [0.2, 0.25) is 0 Å². The molecule has 6 heavy (non-hydrogen) atoms. The fourth-order valence-corrected chi connectivity index (χ4v) is 0. The summed E-state index contributed by atoms with van der Waals surface area (Å²) in [5.41, 5.74) is 0. The second kappa shape index (κ2) is 17.6. The van der Waals surface area contributed by atoms with Gasteiger partial charge in [-0.05, 0) is 0 Å². The molecule has 0 aliphatic heterocycles. The summed E-state index contributed by atoms with van der Waals surface area (Å²) in [4.78, 5) is 0. The van der Waals surface area contributed by atoms with Crippen LogP contribution in [0, 0.1) is 0 Å². The fraction of sp³-hybridized carbons (Fsp3) is 1.00. The molecular formula is C4H10Cl2. The summed E-state index contributed by atoms with van der Waals surface area (Å²) in [5.74, 6) is 0.465. The van der Waals surface area contributed by atoms with E-state index in [0.29, 0.717) is 0 Å². The first-order valence-electron chi connectivity index (χ1n) is 3.10. The van der Waals surface area contributed by atoms with E-state index in [0.717, 1.165) is 5.88 Å². The number of halogens is 2. The number of hydrogen-bond acceptors (Lipinski definition) is 0. The van der Waals surface area contributed by atoms with Crippen molar-refractivity contribution >= 4 is 23.2 Å². The molecule has 40 valence electrons. The highest BCUT2D eigenvalue weighted by Gasteiger charge is 1.38. The first kappa shape index (κ1) is 3.57. The van der Waals surface area contributed by atoms with Gasteiger partial charge in [-0.2, -0.15) is 0 Å². The van der Waals surface area contributed by atoms with Gasteiger partial charge >= 0.3 is 0 Å². The molecule has 0 aromatic heterocycles. The minimum absolute atomic E-state index is 0.257. The molecule has 0 saturated heterocycles. The maximum absolute atomic E-state index is 6.38. The molecule has 0 fully saturated rings. The average molecular weight is 134 g/mol. The monoisotopic (exact) mass is 133 g/mol. The van der Waals surface area contributed by atoms with Crippen molar-refractivity contribution in [1.82, 2.24) is 0 Å². The number of hydrogen-bond donors (Lipinski definition) is 0. The van der Waals surface area contributed by atoms with Crippen molar-refractivity contribution in [1.29, 1.82) is 0 Å². The third-order valence-corrected chi connectivity index (χ3v) is 0. The first-order valence-corrected chi connectivity index (χ1v) is 2.66. The Labute approximate surface area is 53.7 Å². The van der Waals surface area contributed by atoms with Crippen molar-refractivity contribution in [2.75, 3.05) is 11.8 Å². The Morgan fingerprint density at radius 3 is 1.67 bits per heavy atom. The first-order chi connectivity index (χ1) is 3.97. The van der Waals surface area contributed by atoms with Crippen molar-refractivity contribution < 1.29 is 4.11 Å². The van der Waals surface area contributed by atoms with Gasteiger partial charge in [-0.25, -0.2) is 0 Å². The van der Waals surface area contributed by atoms with Crippen LogP contribution in [0.1, 0.15) is 17.9 Å². The summed E-state index contributed by atoms with van der Waals surface area (Å²) in [6.07, 6.45) is 0. The van der Waals surface area contributed by atoms with Gasteiger partial charge in [0, 0.05) is 15.9 Å². The normalized spacial score (nSPS) is 15.5. The average Bonchev–Trinajstić information content (AvgIpc) is 1.67. The molecule has 0 nitrogen and oxygen atoms in total. The summed E-state index contributed by atoms with van der Waals surface area (Å²) in [6.45, 7) is -0.0525. The van der Waals surface area contributed by atoms with Gasteiger partial charge in [0.15, 0.2) is 0 Å². The van der Waals surface area contributed by atoms with Gasteiger partial charge in [0.1, 0.15) is 0 Å². The maximum atomic E-state index is 6.38. The molecule has 0 atom stereocenters. The standard InChI is InChI=1S/2C2H5Cl/c2*1-2-3/h2*2H2,1H3/i1+1,2+1;1D3. The highest BCUT2D eigenvalue weighted by molar-refractivity contribution is 6.17. The zero-order valence-electron chi connectivity index (χ0n) is 6.67. The Bertz CT molecular complexity index is 52.3. The second-order valence-corrected chi connectivity index (χ2v) is 1.20. The molecular weight excluding hydrogens is 121 g/mol. The van der Waals surface area contributed by atoms with Crippen LogP contribution in [0.5, 0.6) is 0 Å². The minimum Gasteiger partial charge on any atom is -0.127 e. The van der Waals surface area contributed by atoms with Crippen LogP contribution < -0.4 is 0 Å². The van der Waals surface area contributed by atoms with Crippen LogP contribution in [0.2, 0.25) is 0 Å². The van der Waals surface area contributed by atoms with Gasteiger partial charge in [-0.15, -0.1) is 23.2 Å². The smallest absolute Gasteiger partial charge is 0.0242 e. The molecule has 0 heterocycles. The van der Waals surface area contributed by atoms with E-state index in [4.69, 9.17) is 27.3 Å². The fourth-order valence-electron chi connectivity index (χ4n) is 0. The van der Waals surface area contributed by atoms with Crippen LogP contribution in [-0.4, -0.2) is 11.8 Å². The van der Waals surface area contributed by atoms with Gasteiger partial charge in [-0.1, -0.05) is 13.8 Å². The van der Waals surface area contributed by atoms with Crippen molar-refractivity contribution in [2.45, 2.75) is 13.8 Å². The molecule has 0 spiro atoms. The highest BCUT2D eigenvalue weighted by atomic mass is 35.5. The number of alkyl halides is 2. The van der Waals surface area contributed by atoms with E-state index < -0.39 is 6.85 Å². The van der Waals surface area contributed by atoms with E-state index in [1.807, 2.05) is 6.92 Å². The predicted octanol–water partition coefficient (Wildman–Crippen LogP) is 2.49. The lowest BCUT2D eigenvalue weighted by atomic mass is 11.0. The van der Waals surface area contributed by atoms with E-state index in [1.54, 1.807) is 0 Å².